The van der Waals surface area contributed by atoms with E-state index in [1.165, 1.54) is 0 Å². The number of carbonyl (C=O) groups is 1. The summed E-state index contributed by atoms with van der Waals surface area (Å²) in [6.45, 7) is 0. The highest BCUT2D eigenvalue weighted by atomic mass is 19.4. The Balaban J connectivity index is 2.55. The standard InChI is InChI=1S/C12H11F4NO2/c13-6-1-2-7(8(5-6)12(14,15)16)11(3-4-11)9(17)10(18)19/h1-2,5,9H,3-4,17H2,(H,18,19). The van der Waals surface area contributed by atoms with Crippen LogP contribution in [-0.4, -0.2) is 17.1 Å². The van der Waals surface area contributed by atoms with Gasteiger partial charge in [0.1, 0.15) is 11.9 Å². The minimum Gasteiger partial charge on any atom is -0.480 e. The molecule has 3 nitrogen and oxygen atoms in total. The lowest BCUT2D eigenvalue weighted by Gasteiger charge is -2.24. The van der Waals surface area contributed by atoms with Gasteiger partial charge in [0.2, 0.25) is 0 Å². The van der Waals surface area contributed by atoms with Crippen molar-refractivity contribution in [1.29, 1.82) is 0 Å². The van der Waals surface area contributed by atoms with Crippen molar-refractivity contribution in [2.24, 2.45) is 5.73 Å². The molecule has 0 aliphatic heterocycles. The fraction of sp³-hybridized carbons (Fsp3) is 0.417. The number of hydrogen-bond acceptors (Lipinski definition) is 2. The normalized spacial score (nSPS) is 19.0. The van der Waals surface area contributed by atoms with Crippen molar-refractivity contribution in [3.05, 3.63) is 35.1 Å². The minimum atomic E-state index is -4.74. The maximum absolute atomic E-state index is 13.0. The Morgan fingerprint density at radius 3 is 2.37 bits per heavy atom. The Bertz CT molecular complexity index is 523. The van der Waals surface area contributed by atoms with E-state index in [1.807, 2.05) is 0 Å². The second-order valence-corrected chi connectivity index (χ2v) is 4.66. The number of carboxylic acids is 1. The zero-order valence-corrected chi connectivity index (χ0v) is 9.67. The number of alkyl halides is 3. The van der Waals surface area contributed by atoms with Crippen molar-refractivity contribution in [2.45, 2.75) is 30.5 Å². The van der Waals surface area contributed by atoms with Crippen molar-refractivity contribution >= 4 is 5.97 Å². The number of aliphatic carboxylic acids is 1. The van der Waals surface area contributed by atoms with E-state index in [-0.39, 0.29) is 18.4 Å². The van der Waals surface area contributed by atoms with Crippen molar-refractivity contribution in [2.75, 3.05) is 0 Å². The summed E-state index contributed by atoms with van der Waals surface area (Å²) < 4.78 is 51.7. The van der Waals surface area contributed by atoms with Gasteiger partial charge in [-0.3, -0.25) is 4.79 Å². The molecule has 7 heteroatoms. The average Bonchev–Trinajstić information content (AvgIpc) is 3.08. The first kappa shape index (κ1) is 13.8. The Morgan fingerprint density at radius 1 is 1.37 bits per heavy atom. The Kier molecular flexibility index (Phi) is 3.04. The molecule has 1 aromatic carbocycles. The molecule has 0 amide bonds. The van der Waals surface area contributed by atoms with E-state index in [0.717, 1.165) is 12.1 Å². The second-order valence-electron chi connectivity index (χ2n) is 4.66. The topological polar surface area (TPSA) is 63.3 Å². The van der Waals surface area contributed by atoms with Crippen LogP contribution in [0.1, 0.15) is 24.0 Å². The van der Waals surface area contributed by atoms with E-state index in [2.05, 4.69) is 0 Å². The zero-order chi connectivity index (χ0) is 14.4. The SMILES string of the molecule is NC(C(=O)O)C1(c2ccc(F)cc2C(F)(F)F)CC1. The molecule has 0 bridgehead atoms. The number of benzene rings is 1. The maximum Gasteiger partial charge on any atom is 0.416 e. The summed E-state index contributed by atoms with van der Waals surface area (Å²) in [5, 5.41) is 8.89. The molecule has 1 saturated carbocycles. The van der Waals surface area contributed by atoms with Crippen molar-refractivity contribution in [3.63, 3.8) is 0 Å². The molecule has 19 heavy (non-hydrogen) atoms. The van der Waals surface area contributed by atoms with Crippen molar-refractivity contribution < 1.29 is 27.5 Å². The van der Waals surface area contributed by atoms with Crippen LogP contribution in [0.5, 0.6) is 0 Å². The summed E-state index contributed by atoms with van der Waals surface area (Å²) in [6, 6.07) is 0.816. The summed E-state index contributed by atoms with van der Waals surface area (Å²) in [5.74, 6) is -2.38. The van der Waals surface area contributed by atoms with E-state index in [0.29, 0.717) is 6.07 Å². The van der Waals surface area contributed by atoms with Gasteiger partial charge in [-0.1, -0.05) is 6.07 Å². The molecule has 0 saturated heterocycles. The quantitative estimate of drug-likeness (QED) is 0.833. The molecule has 104 valence electrons. The number of hydrogen-bond donors (Lipinski definition) is 2. The molecule has 1 aromatic rings. The third-order valence-corrected chi connectivity index (χ3v) is 3.47. The van der Waals surface area contributed by atoms with Gasteiger partial charge in [-0.2, -0.15) is 13.2 Å². The largest absolute Gasteiger partial charge is 0.480 e. The minimum absolute atomic E-state index is 0.240. The molecule has 3 N–H and O–H groups in total. The van der Waals surface area contributed by atoms with Gasteiger partial charge < -0.3 is 10.8 Å². The van der Waals surface area contributed by atoms with Gasteiger partial charge >= 0.3 is 12.1 Å². The van der Waals surface area contributed by atoms with Crippen LogP contribution in [0.4, 0.5) is 17.6 Å². The first-order chi connectivity index (χ1) is 8.68. The first-order valence-corrected chi connectivity index (χ1v) is 5.54. The monoisotopic (exact) mass is 277 g/mol. The smallest absolute Gasteiger partial charge is 0.416 e. The number of carboxylic acid groups (broad SMARTS) is 1. The molecule has 0 radical (unpaired) electrons. The lowest BCUT2D eigenvalue weighted by molar-refractivity contribution is -0.142. The highest BCUT2D eigenvalue weighted by Gasteiger charge is 2.55. The third kappa shape index (κ3) is 2.30. The molecule has 0 aromatic heterocycles. The highest BCUT2D eigenvalue weighted by Crippen LogP contribution is 2.53. The molecule has 0 heterocycles. The van der Waals surface area contributed by atoms with Crippen LogP contribution in [0.25, 0.3) is 0 Å². The Labute approximate surface area is 106 Å². The maximum atomic E-state index is 13.0. The fourth-order valence-corrected chi connectivity index (χ4v) is 2.30. The predicted molar refractivity (Wildman–Crippen MR) is 57.9 cm³/mol. The average molecular weight is 277 g/mol. The summed E-state index contributed by atoms with van der Waals surface area (Å²) in [5.41, 5.74) is 2.84. The van der Waals surface area contributed by atoms with Crippen LogP contribution in [0, 0.1) is 5.82 Å². The first-order valence-electron chi connectivity index (χ1n) is 5.54. The molecule has 1 aliphatic rings. The van der Waals surface area contributed by atoms with Gasteiger partial charge in [0, 0.05) is 5.41 Å². The number of rotatable bonds is 3. The van der Waals surface area contributed by atoms with Crippen molar-refractivity contribution in [3.8, 4) is 0 Å². The van der Waals surface area contributed by atoms with Crippen molar-refractivity contribution in [1.82, 2.24) is 0 Å². The molecular weight excluding hydrogens is 266 g/mol. The lowest BCUT2D eigenvalue weighted by Crippen LogP contribution is -2.42. The molecule has 2 rings (SSSR count). The zero-order valence-electron chi connectivity index (χ0n) is 9.67. The third-order valence-electron chi connectivity index (χ3n) is 3.47. The van der Waals surface area contributed by atoms with Gasteiger partial charge in [0.25, 0.3) is 0 Å². The van der Waals surface area contributed by atoms with Crippen LogP contribution in [-0.2, 0) is 16.4 Å². The highest BCUT2D eigenvalue weighted by molar-refractivity contribution is 5.77. The molecule has 1 aliphatic carbocycles. The summed E-state index contributed by atoms with van der Waals surface area (Å²) in [4.78, 5) is 10.9. The number of nitrogens with two attached hydrogens (primary N) is 1. The van der Waals surface area contributed by atoms with Crippen LogP contribution < -0.4 is 5.73 Å². The van der Waals surface area contributed by atoms with E-state index >= 15 is 0 Å². The van der Waals surface area contributed by atoms with Crippen LogP contribution in [0.2, 0.25) is 0 Å². The van der Waals surface area contributed by atoms with E-state index in [4.69, 9.17) is 10.8 Å². The van der Waals surface area contributed by atoms with Gasteiger partial charge in [0.05, 0.1) is 5.56 Å². The molecular formula is C12H11F4NO2. The van der Waals surface area contributed by atoms with Crippen LogP contribution in [0.15, 0.2) is 18.2 Å². The predicted octanol–water partition coefficient (Wildman–Crippen LogP) is 2.29. The van der Waals surface area contributed by atoms with E-state index in [1.54, 1.807) is 0 Å². The van der Waals surface area contributed by atoms with Gasteiger partial charge in [-0.15, -0.1) is 0 Å². The molecule has 1 fully saturated rings. The Hall–Kier alpha value is -1.63. The Morgan fingerprint density at radius 2 is 1.95 bits per heavy atom. The van der Waals surface area contributed by atoms with E-state index < -0.39 is 35.0 Å². The van der Waals surface area contributed by atoms with Crippen LogP contribution in [0.3, 0.4) is 0 Å². The second kappa shape index (κ2) is 4.19. The van der Waals surface area contributed by atoms with Crippen LogP contribution >= 0.6 is 0 Å². The fourth-order valence-electron chi connectivity index (χ4n) is 2.30. The van der Waals surface area contributed by atoms with Gasteiger partial charge in [0.15, 0.2) is 0 Å². The van der Waals surface area contributed by atoms with Gasteiger partial charge in [-0.25, -0.2) is 4.39 Å². The summed E-state index contributed by atoms with van der Waals surface area (Å²) in [7, 11) is 0. The van der Waals surface area contributed by atoms with Gasteiger partial charge in [-0.05, 0) is 30.5 Å². The van der Waals surface area contributed by atoms with E-state index in [9.17, 15) is 22.4 Å². The molecule has 1 atom stereocenters. The molecule has 0 spiro atoms. The lowest BCUT2D eigenvalue weighted by atomic mass is 9.85. The summed E-state index contributed by atoms with van der Waals surface area (Å²) in [6.07, 6.45) is -4.25. The number of halogens is 4. The summed E-state index contributed by atoms with van der Waals surface area (Å²) >= 11 is 0. The molecule has 1 unspecified atom stereocenters.